The highest BCUT2D eigenvalue weighted by Crippen LogP contribution is 2.34. The van der Waals surface area contributed by atoms with E-state index in [1.807, 2.05) is 19.1 Å². The Morgan fingerprint density at radius 2 is 1.88 bits per heavy atom. The van der Waals surface area contributed by atoms with Crippen LogP contribution in [0.2, 0.25) is 0 Å². The number of ether oxygens (including phenoxy) is 2. The number of nitrogens with one attached hydrogen (secondary N) is 1. The second-order valence-electron chi connectivity index (χ2n) is 3.31. The van der Waals surface area contributed by atoms with Gasteiger partial charge in [0.25, 0.3) is 0 Å². The molecule has 7 heteroatoms. The minimum Gasteiger partial charge on any atom is -0.493 e. The molecule has 0 fully saturated rings. The van der Waals surface area contributed by atoms with Crippen LogP contribution in [0, 0.1) is 6.92 Å². The Bertz CT molecular complexity index is 501. The van der Waals surface area contributed by atoms with Crippen LogP contribution in [0.15, 0.2) is 12.1 Å². The van der Waals surface area contributed by atoms with Gasteiger partial charge in [-0.25, -0.2) is 0 Å². The van der Waals surface area contributed by atoms with E-state index in [0.717, 1.165) is 11.3 Å². The average Bonchev–Trinajstić information content (AvgIpc) is 2.84. The van der Waals surface area contributed by atoms with Crippen molar-refractivity contribution in [2.24, 2.45) is 0 Å². The lowest BCUT2D eigenvalue weighted by atomic mass is 10.2. The Morgan fingerprint density at radius 1 is 1.18 bits per heavy atom. The molecule has 17 heavy (non-hydrogen) atoms. The van der Waals surface area contributed by atoms with Crippen LogP contribution in [-0.4, -0.2) is 29.0 Å². The summed E-state index contributed by atoms with van der Waals surface area (Å²) in [4.78, 5) is 0. The summed E-state index contributed by atoms with van der Waals surface area (Å²) in [5.41, 5.74) is 1.92. The average molecular weight is 252 g/mol. The molecule has 1 heterocycles. The van der Waals surface area contributed by atoms with Gasteiger partial charge in [0.15, 0.2) is 11.5 Å². The van der Waals surface area contributed by atoms with Crippen LogP contribution >= 0.6 is 11.5 Å². The van der Waals surface area contributed by atoms with Crippen molar-refractivity contribution in [3.63, 3.8) is 0 Å². The molecule has 0 saturated heterocycles. The zero-order valence-electron chi connectivity index (χ0n) is 9.72. The van der Waals surface area contributed by atoms with E-state index in [9.17, 15) is 0 Å². The largest absolute Gasteiger partial charge is 0.493 e. The SMILES string of the molecule is COc1cc(C)c(Nc2nnns2)cc1OC. The molecule has 0 aliphatic heterocycles. The van der Waals surface area contributed by atoms with E-state index in [1.165, 1.54) is 11.5 Å². The summed E-state index contributed by atoms with van der Waals surface area (Å²) < 4.78 is 14.1. The van der Waals surface area contributed by atoms with Crippen LogP contribution in [0.5, 0.6) is 11.5 Å². The number of aromatic nitrogens is 3. The minimum absolute atomic E-state index is 0.639. The highest BCUT2D eigenvalue weighted by Gasteiger charge is 2.09. The fourth-order valence-electron chi connectivity index (χ4n) is 1.41. The van der Waals surface area contributed by atoms with Crippen LogP contribution in [0.25, 0.3) is 0 Å². The molecule has 1 aromatic heterocycles. The lowest BCUT2D eigenvalue weighted by Gasteiger charge is -2.12. The third-order valence-corrected chi connectivity index (χ3v) is 2.78. The fraction of sp³-hybridized carbons (Fsp3) is 0.300. The predicted octanol–water partition coefficient (Wildman–Crippen LogP) is 2.00. The third kappa shape index (κ3) is 2.44. The van der Waals surface area contributed by atoms with Gasteiger partial charge in [-0.15, -0.1) is 0 Å². The molecule has 1 aromatic carbocycles. The molecule has 0 atom stereocenters. The first-order valence-electron chi connectivity index (χ1n) is 4.89. The maximum absolute atomic E-state index is 5.24. The maximum atomic E-state index is 5.24. The van der Waals surface area contributed by atoms with E-state index in [1.54, 1.807) is 14.2 Å². The van der Waals surface area contributed by atoms with E-state index in [0.29, 0.717) is 16.6 Å². The molecule has 0 saturated carbocycles. The second kappa shape index (κ2) is 4.96. The Labute approximate surface area is 103 Å². The van der Waals surface area contributed by atoms with Crippen molar-refractivity contribution >= 4 is 22.4 Å². The number of hydrogen-bond acceptors (Lipinski definition) is 7. The number of aryl methyl sites for hydroxylation is 1. The molecule has 0 bridgehead atoms. The zero-order chi connectivity index (χ0) is 12.3. The van der Waals surface area contributed by atoms with Gasteiger partial charge < -0.3 is 14.8 Å². The Kier molecular flexibility index (Phi) is 3.38. The molecule has 0 unspecified atom stereocenters. The lowest BCUT2D eigenvalue weighted by Crippen LogP contribution is -1.97. The van der Waals surface area contributed by atoms with Crippen LogP contribution in [0.1, 0.15) is 5.56 Å². The summed E-state index contributed by atoms with van der Waals surface area (Å²) in [5, 5.41) is 11.1. The van der Waals surface area contributed by atoms with E-state index in [-0.39, 0.29) is 0 Å². The van der Waals surface area contributed by atoms with Gasteiger partial charge in [0.2, 0.25) is 5.13 Å². The summed E-state index contributed by atoms with van der Waals surface area (Å²) in [6.45, 7) is 1.97. The van der Waals surface area contributed by atoms with Gasteiger partial charge in [-0.2, -0.15) is 0 Å². The fourth-order valence-corrected chi connectivity index (χ4v) is 1.79. The molecule has 2 aromatic rings. The van der Waals surface area contributed by atoms with Crippen LogP contribution in [0.4, 0.5) is 10.8 Å². The van der Waals surface area contributed by atoms with Gasteiger partial charge in [-0.3, -0.25) is 0 Å². The first kappa shape index (κ1) is 11.6. The molecule has 90 valence electrons. The summed E-state index contributed by atoms with van der Waals surface area (Å²) in [6.07, 6.45) is 0. The van der Waals surface area contributed by atoms with Crippen molar-refractivity contribution in [3.05, 3.63) is 17.7 Å². The Balaban J connectivity index is 2.34. The topological polar surface area (TPSA) is 69.2 Å². The normalized spacial score (nSPS) is 10.1. The Morgan fingerprint density at radius 3 is 2.47 bits per heavy atom. The van der Waals surface area contributed by atoms with Crippen molar-refractivity contribution < 1.29 is 9.47 Å². The van der Waals surface area contributed by atoms with Gasteiger partial charge in [0.1, 0.15) is 0 Å². The highest BCUT2D eigenvalue weighted by atomic mass is 32.1. The first-order chi connectivity index (χ1) is 8.24. The van der Waals surface area contributed by atoms with Crippen molar-refractivity contribution in [3.8, 4) is 11.5 Å². The van der Waals surface area contributed by atoms with Crippen LogP contribution in [-0.2, 0) is 0 Å². The van der Waals surface area contributed by atoms with Crippen molar-refractivity contribution in [1.82, 2.24) is 14.8 Å². The van der Waals surface area contributed by atoms with Gasteiger partial charge in [-0.05, 0) is 23.8 Å². The molecule has 6 nitrogen and oxygen atoms in total. The molecular weight excluding hydrogens is 240 g/mol. The summed E-state index contributed by atoms with van der Waals surface area (Å²) in [5.74, 6) is 1.36. The lowest BCUT2D eigenvalue weighted by molar-refractivity contribution is 0.355. The maximum Gasteiger partial charge on any atom is 0.229 e. The predicted molar refractivity (Wildman–Crippen MR) is 65.3 cm³/mol. The third-order valence-electron chi connectivity index (χ3n) is 2.27. The van der Waals surface area contributed by atoms with Gasteiger partial charge in [-0.1, -0.05) is 9.59 Å². The zero-order valence-corrected chi connectivity index (χ0v) is 10.5. The molecule has 2 rings (SSSR count). The Hall–Kier alpha value is -1.89. The van der Waals surface area contributed by atoms with Crippen LogP contribution in [0.3, 0.4) is 0 Å². The first-order valence-corrected chi connectivity index (χ1v) is 5.66. The van der Waals surface area contributed by atoms with E-state index >= 15 is 0 Å². The van der Waals surface area contributed by atoms with E-state index in [2.05, 4.69) is 20.1 Å². The van der Waals surface area contributed by atoms with Crippen molar-refractivity contribution in [2.75, 3.05) is 19.5 Å². The summed E-state index contributed by atoms with van der Waals surface area (Å²) >= 11 is 1.19. The van der Waals surface area contributed by atoms with E-state index in [4.69, 9.17) is 9.47 Å². The number of nitrogens with zero attached hydrogens (tertiary/aromatic N) is 3. The summed E-state index contributed by atoms with van der Waals surface area (Å²) in [7, 11) is 3.21. The quantitative estimate of drug-likeness (QED) is 0.897. The van der Waals surface area contributed by atoms with Crippen molar-refractivity contribution in [1.29, 1.82) is 0 Å². The second-order valence-corrected chi connectivity index (χ2v) is 4.05. The van der Waals surface area contributed by atoms with Gasteiger partial charge in [0, 0.05) is 23.3 Å². The standard InChI is InChI=1S/C10H12N4O2S/c1-6-4-8(15-2)9(16-3)5-7(6)11-10-12-13-14-17-10/h4-5H,1-3H3,(H,11,12,14). The van der Waals surface area contributed by atoms with Crippen molar-refractivity contribution in [2.45, 2.75) is 6.92 Å². The van der Waals surface area contributed by atoms with Gasteiger partial charge >= 0.3 is 0 Å². The van der Waals surface area contributed by atoms with Gasteiger partial charge in [0.05, 0.1) is 14.2 Å². The van der Waals surface area contributed by atoms with E-state index < -0.39 is 0 Å². The monoisotopic (exact) mass is 252 g/mol. The number of rotatable bonds is 4. The number of anilines is 2. The molecule has 0 amide bonds. The summed E-state index contributed by atoms with van der Waals surface area (Å²) in [6, 6.07) is 3.76. The smallest absolute Gasteiger partial charge is 0.229 e. The molecule has 0 spiro atoms. The van der Waals surface area contributed by atoms with Crippen LogP contribution < -0.4 is 14.8 Å². The number of methoxy groups -OCH3 is 2. The highest BCUT2D eigenvalue weighted by molar-refractivity contribution is 7.09. The molecule has 1 N–H and O–H groups in total. The molecule has 0 radical (unpaired) electrons. The molecule has 0 aliphatic carbocycles. The number of hydrogen-bond donors (Lipinski definition) is 1. The minimum atomic E-state index is 0.639. The number of benzene rings is 1. The molecule has 0 aliphatic rings. The molecular formula is C10H12N4O2S.